The molecule has 0 spiro atoms. The van der Waals surface area contributed by atoms with Crippen LogP contribution < -0.4 is 5.32 Å². The van der Waals surface area contributed by atoms with Crippen LogP contribution in [-0.2, 0) is 4.79 Å². The topological polar surface area (TPSA) is 75.1 Å². The van der Waals surface area contributed by atoms with Gasteiger partial charge < -0.3 is 10.4 Å². The summed E-state index contributed by atoms with van der Waals surface area (Å²) in [4.78, 5) is 20.6. The number of hydrogen-bond acceptors (Lipinski definition) is 4. The Kier molecular flexibility index (Phi) is 5.61. The molecular formula is C17H21N3O2. The van der Waals surface area contributed by atoms with E-state index in [1.54, 1.807) is 12.3 Å². The van der Waals surface area contributed by atoms with E-state index in [0.29, 0.717) is 11.6 Å². The lowest BCUT2D eigenvalue weighted by Gasteiger charge is -2.16. The van der Waals surface area contributed by atoms with Gasteiger partial charge in [0.25, 0.3) is 0 Å². The summed E-state index contributed by atoms with van der Waals surface area (Å²) in [6.07, 6.45) is 5.41. The number of nitrogens with zero attached hydrogens (tertiary/aromatic N) is 2. The molecule has 0 bridgehead atoms. The molecule has 0 radical (unpaired) electrons. The Morgan fingerprint density at radius 1 is 1.32 bits per heavy atom. The molecule has 2 aromatic rings. The van der Waals surface area contributed by atoms with Crippen LogP contribution in [0.3, 0.4) is 0 Å². The minimum absolute atomic E-state index is 0.0620. The SMILES string of the molecule is CC(C)CC(CO)NC(=O)/C=C/c1cnc2ccccc2n1. The molecule has 22 heavy (non-hydrogen) atoms. The monoisotopic (exact) mass is 299 g/mol. The summed E-state index contributed by atoms with van der Waals surface area (Å²) in [7, 11) is 0. The maximum Gasteiger partial charge on any atom is 0.244 e. The van der Waals surface area contributed by atoms with Crippen molar-refractivity contribution in [2.45, 2.75) is 26.3 Å². The Hall–Kier alpha value is -2.27. The molecular weight excluding hydrogens is 278 g/mol. The lowest BCUT2D eigenvalue weighted by atomic mass is 10.0. The Bertz CT molecular complexity index is 668. The number of benzene rings is 1. The molecule has 116 valence electrons. The number of aliphatic hydroxyl groups is 1. The van der Waals surface area contributed by atoms with Crippen molar-refractivity contribution in [3.8, 4) is 0 Å². The predicted octanol–water partition coefficient (Wildman–Crippen LogP) is 2.17. The first-order valence-corrected chi connectivity index (χ1v) is 7.39. The third-order valence-electron chi connectivity index (χ3n) is 3.20. The molecule has 5 heteroatoms. The van der Waals surface area contributed by atoms with Gasteiger partial charge in [0.15, 0.2) is 0 Å². The molecule has 1 aromatic carbocycles. The van der Waals surface area contributed by atoms with Crippen LogP contribution in [0, 0.1) is 5.92 Å². The van der Waals surface area contributed by atoms with E-state index in [1.165, 1.54) is 6.08 Å². The summed E-state index contributed by atoms with van der Waals surface area (Å²) in [5.41, 5.74) is 2.23. The number of aliphatic hydroxyl groups excluding tert-OH is 1. The molecule has 0 aliphatic heterocycles. The molecule has 0 fully saturated rings. The Labute approximate surface area is 130 Å². The molecule has 1 amide bonds. The highest BCUT2D eigenvalue weighted by molar-refractivity contribution is 5.91. The standard InChI is InChI=1S/C17H21N3O2/c1-12(2)9-14(11-21)20-17(22)8-7-13-10-18-15-5-3-4-6-16(15)19-13/h3-8,10,12,14,21H,9,11H2,1-2H3,(H,20,22)/b8-7+. The molecule has 0 saturated heterocycles. The van der Waals surface area contributed by atoms with Crippen LogP contribution in [0.1, 0.15) is 26.0 Å². The smallest absolute Gasteiger partial charge is 0.244 e. The quantitative estimate of drug-likeness (QED) is 0.802. The minimum atomic E-state index is -0.241. The van der Waals surface area contributed by atoms with Crippen LogP contribution in [0.4, 0.5) is 0 Å². The van der Waals surface area contributed by atoms with Gasteiger partial charge in [-0.1, -0.05) is 26.0 Å². The highest BCUT2D eigenvalue weighted by Gasteiger charge is 2.11. The Morgan fingerprint density at radius 2 is 2.05 bits per heavy atom. The summed E-state index contributed by atoms with van der Waals surface area (Å²) in [5.74, 6) is 0.169. The normalized spacial score (nSPS) is 12.9. The van der Waals surface area contributed by atoms with Crippen LogP contribution in [0.15, 0.2) is 36.5 Å². The van der Waals surface area contributed by atoms with Crippen LogP contribution in [0.2, 0.25) is 0 Å². The van der Waals surface area contributed by atoms with Gasteiger partial charge in [-0.3, -0.25) is 9.78 Å². The van der Waals surface area contributed by atoms with Gasteiger partial charge in [-0.2, -0.15) is 0 Å². The summed E-state index contributed by atoms with van der Waals surface area (Å²) in [6, 6.07) is 7.35. The van der Waals surface area contributed by atoms with Crippen molar-refractivity contribution in [3.63, 3.8) is 0 Å². The fraction of sp³-hybridized carbons (Fsp3) is 0.353. The molecule has 0 saturated carbocycles. The van der Waals surface area contributed by atoms with Crippen LogP contribution in [0.25, 0.3) is 17.1 Å². The number of aromatic nitrogens is 2. The number of hydrogen-bond donors (Lipinski definition) is 2. The third-order valence-corrected chi connectivity index (χ3v) is 3.20. The van der Waals surface area contributed by atoms with Crippen LogP contribution in [-0.4, -0.2) is 33.6 Å². The first-order valence-electron chi connectivity index (χ1n) is 7.39. The van der Waals surface area contributed by atoms with Crippen molar-refractivity contribution >= 4 is 23.0 Å². The Morgan fingerprint density at radius 3 is 2.73 bits per heavy atom. The van der Waals surface area contributed by atoms with Gasteiger partial charge in [-0.15, -0.1) is 0 Å². The molecule has 1 atom stereocenters. The van der Waals surface area contributed by atoms with Crippen molar-refractivity contribution in [2.75, 3.05) is 6.61 Å². The molecule has 1 aromatic heterocycles. The van der Waals surface area contributed by atoms with E-state index >= 15 is 0 Å². The fourth-order valence-corrected chi connectivity index (χ4v) is 2.21. The van der Waals surface area contributed by atoms with E-state index in [9.17, 15) is 9.90 Å². The van der Waals surface area contributed by atoms with Crippen LogP contribution >= 0.6 is 0 Å². The molecule has 0 aliphatic rings. The van der Waals surface area contributed by atoms with Crippen LogP contribution in [0.5, 0.6) is 0 Å². The third kappa shape index (κ3) is 4.63. The van der Waals surface area contributed by atoms with E-state index in [4.69, 9.17) is 0 Å². The van der Waals surface area contributed by atoms with Gasteiger partial charge in [0, 0.05) is 6.08 Å². The summed E-state index contributed by atoms with van der Waals surface area (Å²) >= 11 is 0. The molecule has 2 N–H and O–H groups in total. The number of amides is 1. The predicted molar refractivity (Wildman–Crippen MR) is 87.0 cm³/mol. The second-order valence-corrected chi connectivity index (χ2v) is 5.63. The average Bonchev–Trinajstić information content (AvgIpc) is 2.51. The van der Waals surface area contributed by atoms with Crippen molar-refractivity contribution in [1.82, 2.24) is 15.3 Å². The number of para-hydroxylation sites is 2. The average molecular weight is 299 g/mol. The number of carbonyl (C=O) groups is 1. The number of carbonyl (C=O) groups excluding carboxylic acids is 1. The van der Waals surface area contributed by atoms with Crippen molar-refractivity contribution < 1.29 is 9.90 Å². The van der Waals surface area contributed by atoms with Gasteiger partial charge in [-0.25, -0.2) is 4.98 Å². The minimum Gasteiger partial charge on any atom is -0.394 e. The maximum absolute atomic E-state index is 11.9. The first-order chi connectivity index (χ1) is 10.6. The second-order valence-electron chi connectivity index (χ2n) is 5.63. The van der Waals surface area contributed by atoms with Gasteiger partial charge in [0.2, 0.25) is 5.91 Å². The van der Waals surface area contributed by atoms with E-state index < -0.39 is 0 Å². The highest BCUT2D eigenvalue weighted by Crippen LogP contribution is 2.09. The van der Waals surface area contributed by atoms with Gasteiger partial charge in [-0.05, 0) is 30.5 Å². The zero-order chi connectivity index (χ0) is 15.9. The van der Waals surface area contributed by atoms with Crippen molar-refractivity contribution in [1.29, 1.82) is 0 Å². The lowest BCUT2D eigenvalue weighted by molar-refractivity contribution is -0.117. The number of fused-ring (bicyclic) bond motifs is 1. The lowest BCUT2D eigenvalue weighted by Crippen LogP contribution is -2.37. The Balaban J connectivity index is 2.01. The maximum atomic E-state index is 11.9. The second kappa shape index (κ2) is 7.66. The first kappa shape index (κ1) is 16.1. The highest BCUT2D eigenvalue weighted by atomic mass is 16.3. The zero-order valence-electron chi connectivity index (χ0n) is 12.9. The van der Waals surface area contributed by atoms with Crippen molar-refractivity contribution in [2.24, 2.45) is 5.92 Å². The molecule has 0 aliphatic carbocycles. The number of nitrogens with one attached hydrogen (secondary N) is 1. The van der Waals surface area contributed by atoms with Crippen molar-refractivity contribution in [3.05, 3.63) is 42.2 Å². The summed E-state index contributed by atoms with van der Waals surface area (Å²) < 4.78 is 0. The van der Waals surface area contributed by atoms with E-state index in [2.05, 4.69) is 29.1 Å². The fourth-order valence-electron chi connectivity index (χ4n) is 2.21. The van der Waals surface area contributed by atoms with Gasteiger partial charge in [0.1, 0.15) is 0 Å². The largest absolute Gasteiger partial charge is 0.394 e. The summed E-state index contributed by atoms with van der Waals surface area (Å²) in [6.45, 7) is 4.04. The van der Waals surface area contributed by atoms with Gasteiger partial charge in [0.05, 0.1) is 35.6 Å². The van der Waals surface area contributed by atoms with E-state index in [-0.39, 0.29) is 18.6 Å². The molecule has 5 nitrogen and oxygen atoms in total. The van der Waals surface area contributed by atoms with E-state index in [0.717, 1.165) is 17.5 Å². The zero-order valence-corrected chi connectivity index (χ0v) is 12.9. The number of rotatable bonds is 6. The van der Waals surface area contributed by atoms with E-state index in [1.807, 2.05) is 24.3 Å². The molecule has 2 rings (SSSR count). The summed E-state index contributed by atoms with van der Waals surface area (Å²) in [5, 5.41) is 12.0. The van der Waals surface area contributed by atoms with Gasteiger partial charge >= 0.3 is 0 Å². The molecule has 1 unspecified atom stereocenters. The molecule has 1 heterocycles.